The topological polar surface area (TPSA) is 64.1 Å². The molecule has 6 nitrogen and oxygen atoms in total. The highest BCUT2D eigenvalue weighted by atomic mass is 16.3. The van der Waals surface area contributed by atoms with Gasteiger partial charge in [-0.2, -0.15) is 0 Å². The zero-order valence-corrected chi connectivity index (χ0v) is 13.8. The van der Waals surface area contributed by atoms with Crippen molar-refractivity contribution < 1.29 is 14.7 Å². The fourth-order valence-corrected chi connectivity index (χ4v) is 3.85. The number of rotatable bonds is 3. The third kappa shape index (κ3) is 2.75. The van der Waals surface area contributed by atoms with Gasteiger partial charge in [-0.3, -0.25) is 14.5 Å². The van der Waals surface area contributed by atoms with Crippen molar-refractivity contribution in [2.45, 2.75) is 44.4 Å². The number of aliphatic hydroxyl groups excluding tert-OH is 1. The number of fused-ring (bicyclic) bond motifs is 1. The molecule has 23 heavy (non-hydrogen) atoms. The number of hydrogen-bond acceptors (Lipinski definition) is 5. The van der Waals surface area contributed by atoms with Gasteiger partial charge in [-0.1, -0.05) is 30.7 Å². The van der Waals surface area contributed by atoms with E-state index in [1.54, 1.807) is 19.2 Å². The average molecular weight is 319 g/mol. The highest BCUT2D eigenvalue weighted by Crippen LogP contribution is 2.34. The van der Waals surface area contributed by atoms with Gasteiger partial charge in [0, 0.05) is 20.1 Å². The second kappa shape index (κ2) is 6.55. The normalized spacial score (nSPS) is 34.4. The molecule has 0 aliphatic carbocycles. The van der Waals surface area contributed by atoms with Crippen LogP contribution in [0.3, 0.4) is 0 Å². The van der Waals surface area contributed by atoms with Gasteiger partial charge in [0.2, 0.25) is 11.8 Å². The van der Waals surface area contributed by atoms with Gasteiger partial charge in [0.25, 0.3) is 0 Å². The van der Waals surface area contributed by atoms with E-state index in [1.807, 2.05) is 24.1 Å². The maximum Gasteiger partial charge on any atom is 0.248 e. The molecule has 1 N–H and O–H groups in total. The first kappa shape index (κ1) is 16.4. The zero-order valence-electron chi connectivity index (χ0n) is 13.8. The van der Waals surface area contributed by atoms with Crippen LogP contribution < -0.4 is 0 Å². The summed E-state index contributed by atoms with van der Waals surface area (Å²) in [6.07, 6.45) is 9.85. The first-order valence-electron chi connectivity index (χ1n) is 8.40. The van der Waals surface area contributed by atoms with E-state index >= 15 is 0 Å². The van der Waals surface area contributed by atoms with Gasteiger partial charge in [-0.15, -0.1) is 0 Å². The van der Waals surface area contributed by atoms with Crippen LogP contribution in [0.2, 0.25) is 0 Å². The van der Waals surface area contributed by atoms with Crippen LogP contribution in [0.4, 0.5) is 0 Å². The Morgan fingerprint density at radius 1 is 1.17 bits per heavy atom. The molecule has 3 aliphatic heterocycles. The first-order chi connectivity index (χ1) is 11.1. The third-order valence-electron chi connectivity index (χ3n) is 5.04. The van der Waals surface area contributed by atoms with Crippen molar-refractivity contribution in [1.29, 1.82) is 0 Å². The van der Waals surface area contributed by atoms with Gasteiger partial charge in [0.05, 0.1) is 18.1 Å². The molecule has 0 bridgehead atoms. The van der Waals surface area contributed by atoms with Crippen LogP contribution in [0.5, 0.6) is 0 Å². The quantitative estimate of drug-likeness (QED) is 0.608. The molecular formula is C17H25N3O3. The fraction of sp³-hybridized carbons (Fsp3) is 0.647. The van der Waals surface area contributed by atoms with Gasteiger partial charge in [0.1, 0.15) is 6.04 Å². The molecular weight excluding hydrogens is 294 g/mol. The maximum absolute atomic E-state index is 12.6. The predicted octanol–water partition coefficient (Wildman–Crippen LogP) is 0.548. The lowest BCUT2D eigenvalue weighted by atomic mass is 9.92. The molecule has 2 fully saturated rings. The second-order valence-corrected chi connectivity index (χ2v) is 6.49. The maximum atomic E-state index is 12.6. The van der Waals surface area contributed by atoms with Crippen LogP contribution in [0.25, 0.3) is 0 Å². The van der Waals surface area contributed by atoms with Gasteiger partial charge >= 0.3 is 0 Å². The summed E-state index contributed by atoms with van der Waals surface area (Å²) in [5.74, 6) is -0.770. The summed E-state index contributed by atoms with van der Waals surface area (Å²) in [6, 6.07) is -0.839. The number of aliphatic hydroxyl groups is 1. The number of likely N-dealkylation sites (N-methyl/N-ethyl adjacent to an activating group) is 1. The Hall–Kier alpha value is -1.50. The number of hydrazine groups is 1. The summed E-state index contributed by atoms with van der Waals surface area (Å²) >= 11 is 0. The Morgan fingerprint density at radius 2 is 1.87 bits per heavy atom. The average Bonchev–Trinajstić information content (AvgIpc) is 2.80. The summed E-state index contributed by atoms with van der Waals surface area (Å²) in [5, 5.41) is 14.6. The van der Waals surface area contributed by atoms with E-state index < -0.39 is 18.1 Å². The van der Waals surface area contributed by atoms with Crippen molar-refractivity contribution in [2.75, 3.05) is 20.1 Å². The Bertz CT molecular complexity index is 539. The molecule has 3 heterocycles. The summed E-state index contributed by atoms with van der Waals surface area (Å²) in [7, 11) is 1.54. The monoisotopic (exact) mass is 319 g/mol. The Kier molecular flexibility index (Phi) is 4.66. The number of carbonyl (C=O) groups excluding carboxylic acids is 2. The van der Waals surface area contributed by atoms with Gasteiger partial charge in [0.15, 0.2) is 0 Å². The molecule has 2 amide bonds. The van der Waals surface area contributed by atoms with Crippen LogP contribution in [-0.2, 0) is 9.59 Å². The lowest BCUT2D eigenvalue weighted by molar-refractivity contribution is -0.152. The number of piperidine rings is 1. The van der Waals surface area contributed by atoms with Crippen molar-refractivity contribution in [3.05, 3.63) is 24.3 Å². The number of nitrogens with zero attached hydrogens (tertiary/aromatic N) is 3. The first-order valence-corrected chi connectivity index (χ1v) is 8.40. The van der Waals surface area contributed by atoms with Crippen LogP contribution in [-0.4, -0.2) is 70.2 Å². The molecule has 0 aromatic rings. The number of likely N-dealkylation sites (tertiary alicyclic amines) is 1. The van der Waals surface area contributed by atoms with Crippen LogP contribution in [0.1, 0.15) is 26.2 Å². The smallest absolute Gasteiger partial charge is 0.248 e. The van der Waals surface area contributed by atoms with Gasteiger partial charge in [-0.25, -0.2) is 10.0 Å². The molecule has 4 unspecified atom stereocenters. The standard InChI is InChI=1S/C17H25N3O3/c1-3-7-14(21)13-9-8-12-15(17(23)18(2)16(12)22)20(13)19-10-5-4-6-11-19/h3,7-9,12-15,21H,4-6,10-11H2,1-2H3. The molecule has 0 aromatic carbocycles. The molecule has 0 saturated carbocycles. The third-order valence-corrected chi connectivity index (χ3v) is 5.04. The molecule has 0 aromatic heterocycles. The minimum absolute atomic E-state index is 0.155. The largest absolute Gasteiger partial charge is 0.387 e. The molecule has 4 atom stereocenters. The van der Waals surface area contributed by atoms with Crippen molar-refractivity contribution in [3.63, 3.8) is 0 Å². The Balaban J connectivity index is 1.97. The minimum Gasteiger partial charge on any atom is -0.387 e. The minimum atomic E-state index is -0.701. The summed E-state index contributed by atoms with van der Waals surface area (Å²) in [6.45, 7) is 3.59. The lowest BCUT2D eigenvalue weighted by Crippen LogP contribution is -2.62. The number of carbonyl (C=O) groups is 2. The Morgan fingerprint density at radius 3 is 2.52 bits per heavy atom. The van der Waals surface area contributed by atoms with E-state index in [4.69, 9.17) is 0 Å². The van der Waals surface area contributed by atoms with Crippen LogP contribution in [0, 0.1) is 5.92 Å². The highest BCUT2D eigenvalue weighted by molar-refractivity contribution is 6.07. The number of hydrogen-bond donors (Lipinski definition) is 1. The van der Waals surface area contributed by atoms with E-state index in [2.05, 4.69) is 5.01 Å². The summed E-state index contributed by atoms with van der Waals surface area (Å²) < 4.78 is 0. The van der Waals surface area contributed by atoms with E-state index in [1.165, 1.54) is 11.3 Å². The Labute approximate surface area is 137 Å². The fourth-order valence-electron chi connectivity index (χ4n) is 3.85. The molecule has 0 radical (unpaired) electrons. The van der Waals surface area contributed by atoms with Crippen molar-refractivity contribution in [3.8, 4) is 0 Å². The molecule has 0 spiro atoms. The van der Waals surface area contributed by atoms with E-state index in [0.29, 0.717) is 0 Å². The van der Waals surface area contributed by atoms with Crippen LogP contribution >= 0.6 is 0 Å². The molecule has 126 valence electrons. The molecule has 2 saturated heterocycles. The summed E-state index contributed by atoms with van der Waals surface area (Å²) in [4.78, 5) is 26.2. The van der Waals surface area contributed by atoms with Crippen LogP contribution in [0.15, 0.2) is 24.3 Å². The van der Waals surface area contributed by atoms with Gasteiger partial charge in [-0.05, 0) is 19.8 Å². The number of allylic oxidation sites excluding steroid dienone is 1. The van der Waals surface area contributed by atoms with Crippen molar-refractivity contribution in [1.82, 2.24) is 14.9 Å². The van der Waals surface area contributed by atoms with Gasteiger partial charge < -0.3 is 5.11 Å². The summed E-state index contributed by atoms with van der Waals surface area (Å²) in [5.41, 5.74) is 0. The zero-order chi connectivity index (χ0) is 16.6. The second-order valence-electron chi connectivity index (χ2n) is 6.49. The van der Waals surface area contributed by atoms with Crippen molar-refractivity contribution in [2.24, 2.45) is 5.92 Å². The molecule has 3 aliphatic rings. The lowest BCUT2D eigenvalue weighted by Gasteiger charge is -2.47. The molecule has 6 heteroatoms. The number of amides is 2. The molecule has 3 rings (SSSR count). The SMILES string of the molecule is CC=CC(O)C1C=CC2C(=O)N(C)C(=O)C2N1N1CCCCC1. The van der Waals surface area contributed by atoms with Crippen molar-refractivity contribution >= 4 is 11.8 Å². The highest BCUT2D eigenvalue weighted by Gasteiger charge is 2.53. The number of imide groups is 1. The predicted molar refractivity (Wildman–Crippen MR) is 86.1 cm³/mol. The van der Waals surface area contributed by atoms with E-state index in [-0.39, 0.29) is 17.9 Å². The van der Waals surface area contributed by atoms with E-state index in [9.17, 15) is 14.7 Å². The van der Waals surface area contributed by atoms with E-state index in [0.717, 1.165) is 25.9 Å².